The van der Waals surface area contributed by atoms with Crippen LogP contribution < -0.4 is 10.6 Å². The van der Waals surface area contributed by atoms with Gasteiger partial charge in [0.2, 0.25) is 5.91 Å². The fourth-order valence-corrected chi connectivity index (χ4v) is 2.69. The summed E-state index contributed by atoms with van der Waals surface area (Å²) in [5.74, 6) is 0.0668. The van der Waals surface area contributed by atoms with Gasteiger partial charge in [0.25, 0.3) is 0 Å². The Labute approximate surface area is 120 Å². The lowest BCUT2D eigenvalue weighted by atomic mass is 10.0. The molecule has 4 heteroatoms. The maximum absolute atomic E-state index is 11.9. The van der Waals surface area contributed by atoms with Gasteiger partial charge in [-0.2, -0.15) is 0 Å². The van der Waals surface area contributed by atoms with Gasteiger partial charge in [-0.1, -0.05) is 30.3 Å². The van der Waals surface area contributed by atoms with Crippen molar-refractivity contribution in [3.8, 4) is 0 Å². The van der Waals surface area contributed by atoms with Crippen LogP contribution in [0.3, 0.4) is 0 Å². The van der Waals surface area contributed by atoms with Crippen LogP contribution in [0.4, 0.5) is 0 Å². The van der Waals surface area contributed by atoms with E-state index >= 15 is 0 Å². The van der Waals surface area contributed by atoms with Gasteiger partial charge in [-0.25, -0.2) is 0 Å². The number of aliphatic hydroxyl groups is 1. The van der Waals surface area contributed by atoms with Crippen LogP contribution in [-0.4, -0.2) is 29.6 Å². The normalized spacial score (nSPS) is 21.4. The molecule has 1 aromatic rings. The number of carbonyl (C=O) groups excluding carboxylic acids is 1. The van der Waals surface area contributed by atoms with Gasteiger partial charge in [0, 0.05) is 18.5 Å². The van der Waals surface area contributed by atoms with Gasteiger partial charge in [-0.15, -0.1) is 0 Å². The van der Waals surface area contributed by atoms with Crippen LogP contribution in [0.2, 0.25) is 0 Å². The molecule has 0 radical (unpaired) electrons. The minimum atomic E-state index is -0.531. The van der Waals surface area contributed by atoms with Gasteiger partial charge in [-0.05, 0) is 38.3 Å². The van der Waals surface area contributed by atoms with E-state index in [1.165, 1.54) is 0 Å². The van der Waals surface area contributed by atoms with Crippen molar-refractivity contribution < 1.29 is 9.90 Å². The third kappa shape index (κ3) is 4.62. The number of aliphatic hydroxyl groups excluding tert-OH is 1. The van der Waals surface area contributed by atoms with Crippen LogP contribution in [0.15, 0.2) is 30.3 Å². The maximum Gasteiger partial charge on any atom is 0.221 e. The summed E-state index contributed by atoms with van der Waals surface area (Å²) in [6, 6.07) is 9.85. The van der Waals surface area contributed by atoms with Crippen LogP contribution in [0.25, 0.3) is 0 Å². The van der Waals surface area contributed by atoms with E-state index < -0.39 is 6.10 Å². The largest absolute Gasteiger partial charge is 0.388 e. The van der Waals surface area contributed by atoms with E-state index in [-0.39, 0.29) is 11.9 Å². The minimum absolute atomic E-state index is 0.0286. The third-order valence-electron chi connectivity index (χ3n) is 3.76. The number of hydrogen-bond acceptors (Lipinski definition) is 3. The van der Waals surface area contributed by atoms with Crippen molar-refractivity contribution in [1.82, 2.24) is 10.6 Å². The lowest BCUT2D eigenvalue weighted by Crippen LogP contribution is -2.37. The monoisotopic (exact) mass is 276 g/mol. The summed E-state index contributed by atoms with van der Waals surface area (Å²) in [4.78, 5) is 11.9. The molecule has 20 heavy (non-hydrogen) atoms. The molecule has 1 heterocycles. The predicted octanol–water partition coefficient (Wildman–Crippen LogP) is 1.76. The lowest BCUT2D eigenvalue weighted by Gasteiger charge is -2.19. The zero-order chi connectivity index (χ0) is 14.4. The molecule has 4 nitrogen and oxygen atoms in total. The SMILES string of the molecule is CC(CC(O)c1ccccc1)NC(=O)CC1CCCN1. The maximum atomic E-state index is 11.9. The molecule has 1 fully saturated rings. The first-order chi connectivity index (χ1) is 9.65. The van der Waals surface area contributed by atoms with Crippen molar-refractivity contribution in [1.29, 1.82) is 0 Å². The summed E-state index contributed by atoms with van der Waals surface area (Å²) in [6.07, 6.45) is 2.77. The third-order valence-corrected chi connectivity index (χ3v) is 3.76. The Morgan fingerprint density at radius 1 is 1.45 bits per heavy atom. The van der Waals surface area contributed by atoms with E-state index in [4.69, 9.17) is 0 Å². The minimum Gasteiger partial charge on any atom is -0.388 e. The molecular formula is C16H24N2O2. The van der Waals surface area contributed by atoms with Crippen molar-refractivity contribution in [2.24, 2.45) is 0 Å². The molecule has 0 aliphatic carbocycles. The van der Waals surface area contributed by atoms with Gasteiger partial charge >= 0.3 is 0 Å². The predicted molar refractivity (Wildman–Crippen MR) is 79.3 cm³/mol. The Morgan fingerprint density at radius 3 is 2.85 bits per heavy atom. The summed E-state index contributed by atoms with van der Waals surface area (Å²) in [5, 5.41) is 16.4. The Morgan fingerprint density at radius 2 is 2.20 bits per heavy atom. The second-order valence-electron chi connectivity index (χ2n) is 5.63. The molecule has 110 valence electrons. The Balaban J connectivity index is 1.74. The highest BCUT2D eigenvalue weighted by Crippen LogP contribution is 2.18. The van der Waals surface area contributed by atoms with E-state index in [1.54, 1.807) is 0 Å². The van der Waals surface area contributed by atoms with E-state index in [0.29, 0.717) is 18.9 Å². The summed E-state index contributed by atoms with van der Waals surface area (Å²) in [7, 11) is 0. The molecule has 3 N–H and O–H groups in total. The number of carbonyl (C=O) groups is 1. The molecule has 1 amide bonds. The fourth-order valence-electron chi connectivity index (χ4n) is 2.69. The summed E-state index contributed by atoms with van der Waals surface area (Å²) in [6.45, 7) is 2.95. The van der Waals surface area contributed by atoms with Crippen molar-refractivity contribution >= 4 is 5.91 Å². The molecule has 3 atom stereocenters. The van der Waals surface area contributed by atoms with Gasteiger partial charge in [0.1, 0.15) is 0 Å². The van der Waals surface area contributed by atoms with Crippen molar-refractivity contribution in [2.75, 3.05) is 6.54 Å². The van der Waals surface area contributed by atoms with Crippen LogP contribution in [-0.2, 0) is 4.79 Å². The zero-order valence-electron chi connectivity index (χ0n) is 12.0. The Hall–Kier alpha value is -1.39. The standard InChI is InChI=1S/C16H24N2O2/c1-12(10-15(19)13-6-3-2-4-7-13)18-16(20)11-14-8-5-9-17-14/h2-4,6-7,12,14-15,17,19H,5,8-11H2,1H3,(H,18,20). The summed E-state index contributed by atoms with van der Waals surface area (Å²) in [5.41, 5.74) is 0.894. The second kappa shape index (κ2) is 7.41. The molecular weight excluding hydrogens is 252 g/mol. The molecule has 0 bridgehead atoms. The second-order valence-corrected chi connectivity index (χ2v) is 5.63. The molecule has 2 rings (SSSR count). The van der Waals surface area contributed by atoms with Crippen molar-refractivity contribution in [3.05, 3.63) is 35.9 Å². The summed E-state index contributed by atoms with van der Waals surface area (Å²) < 4.78 is 0. The fraction of sp³-hybridized carbons (Fsp3) is 0.562. The van der Waals surface area contributed by atoms with E-state index in [2.05, 4.69) is 10.6 Å². The molecule has 1 saturated heterocycles. The zero-order valence-corrected chi connectivity index (χ0v) is 12.0. The average molecular weight is 276 g/mol. The van der Waals surface area contributed by atoms with Crippen LogP contribution in [0.5, 0.6) is 0 Å². The quantitative estimate of drug-likeness (QED) is 0.742. The number of amides is 1. The first-order valence-electron chi connectivity index (χ1n) is 7.41. The van der Waals surface area contributed by atoms with Gasteiger partial charge < -0.3 is 15.7 Å². The molecule has 3 unspecified atom stereocenters. The van der Waals surface area contributed by atoms with Crippen LogP contribution in [0.1, 0.15) is 44.3 Å². The van der Waals surface area contributed by atoms with Crippen molar-refractivity contribution in [3.63, 3.8) is 0 Å². The smallest absolute Gasteiger partial charge is 0.221 e. The molecule has 1 aromatic carbocycles. The molecule has 0 spiro atoms. The Kier molecular flexibility index (Phi) is 5.56. The highest BCUT2D eigenvalue weighted by atomic mass is 16.3. The Bertz CT molecular complexity index is 416. The van der Waals surface area contributed by atoms with Gasteiger partial charge in [0.05, 0.1) is 6.10 Å². The van der Waals surface area contributed by atoms with E-state index in [9.17, 15) is 9.90 Å². The molecule has 1 aliphatic rings. The highest BCUT2D eigenvalue weighted by molar-refractivity contribution is 5.76. The van der Waals surface area contributed by atoms with Crippen molar-refractivity contribution in [2.45, 2.75) is 50.8 Å². The topological polar surface area (TPSA) is 61.4 Å². The summed E-state index contributed by atoms with van der Waals surface area (Å²) >= 11 is 0. The van der Waals surface area contributed by atoms with Crippen LogP contribution in [0, 0.1) is 0 Å². The lowest BCUT2D eigenvalue weighted by molar-refractivity contribution is -0.122. The van der Waals surface area contributed by atoms with E-state index in [1.807, 2.05) is 37.3 Å². The number of nitrogens with one attached hydrogen (secondary N) is 2. The van der Waals surface area contributed by atoms with Gasteiger partial charge in [-0.3, -0.25) is 4.79 Å². The number of rotatable bonds is 6. The number of benzene rings is 1. The average Bonchev–Trinajstić information content (AvgIpc) is 2.92. The molecule has 0 saturated carbocycles. The molecule has 1 aliphatic heterocycles. The molecule has 0 aromatic heterocycles. The first-order valence-corrected chi connectivity index (χ1v) is 7.41. The first kappa shape index (κ1) is 15.0. The van der Waals surface area contributed by atoms with Crippen LogP contribution >= 0.6 is 0 Å². The number of hydrogen-bond donors (Lipinski definition) is 3. The van der Waals surface area contributed by atoms with Gasteiger partial charge in [0.15, 0.2) is 0 Å². The highest BCUT2D eigenvalue weighted by Gasteiger charge is 2.19. The van der Waals surface area contributed by atoms with E-state index in [0.717, 1.165) is 24.9 Å².